The van der Waals surface area contributed by atoms with Gasteiger partial charge in [0.15, 0.2) is 0 Å². The van der Waals surface area contributed by atoms with Crippen LogP contribution in [0.5, 0.6) is 0 Å². The normalized spacial score (nSPS) is 12.4. The van der Waals surface area contributed by atoms with E-state index in [1.807, 2.05) is 25.2 Å². The highest BCUT2D eigenvalue weighted by Gasteiger charge is 1.66. The molecule has 0 atom stereocenters. The van der Waals surface area contributed by atoms with E-state index in [0.717, 1.165) is 5.70 Å². The predicted octanol–water partition coefficient (Wildman–Crippen LogP) is 1.59. The molecule has 0 fully saturated rings. The Morgan fingerprint density at radius 1 is 1.50 bits per heavy atom. The van der Waals surface area contributed by atoms with Crippen molar-refractivity contribution in [3.8, 4) is 0 Å². The van der Waals surface area contributed by atoms with E-state index in [1.165, 1.54) is 0 Å². The number of allylic oxidation sites excluding steroid dienone is 5. The van der Waals surface area contributed by atoms with Crippen LogP contribution in [-0.2, 0) is 0 Å². The van der Waals surface area contributed by atoms with E-state index in [4.69, 9.17) is 5.73 Å². The standard InChI is InChI=1S/C7H11N/c1-3-4-5-6-7(2)8/h3-6H,1,8H2,2H3/b5-4-,7-6+. The second-order valence-corrected chi connectivity index (χ2v) is 1.53. The van der Waals surface area contributed by atoms with E-state index in [2.05, 4.69) is 6.58 Å². The van der Waals surface area contributed by atoms with E-state index in [-0.39, 0.29) is 0 Å². The molecule has 0 aromatic heterocycles. The van der Waals surface area contributed by atoms with Crippen molar-refractivity contribution in [2.75, 3.05) is 0 Å². The lowest BCUT2D eigenvalue weighted by molar-refractivity contribution is 1.32. The summed E-state index contributed by atoms with van der Waals surface area (Å²) in [4.78, 5) is 0. The van der Waals surface area contributed by atoms with Gasteiger partial charge in [-0.1, -0.05) is 24.8 Å². The minimum atomic E-state index is 0.808. The molecule has 0 unspecified atom stereocenters. The van der Waals surface area contributed by atoms with Crippen LogP contribution >= 0.6 is 0 Å². The Labute approximate surface area is 50.2 Å². The zero-order valence-corrected chi connectivity index (χ0v) is 5.09. The summed E-state index contributed by atoms with van der Waals surface area (Å²) in [6.07, 6.45) is 7.21. The van der Waals surface area contributed by atoms with Gasteiger partial charge in [0.05, 0.1) is 0 Å². The smallest absolute Gasteiger partial charge is 0.00488 e. The molecule has 0 aromatic rings. The van der Waals surface area contributed by atoms with Gasteiger partial charge in [0.1, 0.15) is 0 Å². The molecule has 0 aliphatic carbocycles. The van der Waals surface area contributed by atoms with Crippen molar-refractivity contribution in [2.24, 2.45) is 5.73 Å². The van der Waals surface area contributed by atoms with E-state index in [1.54, 1.807) is 6.08 Å². The molecule has 0 bridgehead atoms. The summed E-state index contributed by atoms with van der Waals surface area (Å²) in [6, 6.07) is 0. The van der Waals surface area contributed by atoms with Gasteiger partial charge in [0, 0.05) is 5.70 Å². The highest BCUT2D eigenvalue weighted by atomic mass is 14.5. The minimum absolute atomic E-state index is 0.808. The van der Waals surface area contributed by atoms with E-state index >= 15 is 0 Å². The first-order valence-corrected chi connectivity index (χ1v) is 2.49. The Morgan fingerprint density at radius 3 is 2.50 bits per heavy atom. The molecule has 0 aromatic carbocycles. The van der Waals surface area contributed by atoms with Crippen molar-refractivity contribution in [1.29, 1.82) is 0 Å². The molecule has 0 amide bonds. The van der Waals surface area contributed by atoms with Gasteiger partial charge in [-0.15, -0.1) is 0 Å². The fraction of sp³-hybridized carbons (Fsp3) is 0.143. The van der Waals surface area contributed by atoms with Crippen molar-refractivity contribution in [2.45, 2.75) is 6.92 Å². The second-order valence-electron chi connectivity index (χ2n) is 1.53. The molecule has 0 spiro atoms. The van der Waals surface area contributed by atoms with Crippen LogP contribution in [0.1, 0.15) is 6.92 Å². The fourth-order valence-electron chi connectivity index (χ4n) is 0.286. The maximum absolute atomic E-state index is 5.31. The van der Waals surface area contributed by atoms with Crippen LogP contribution in [0.4, 0.5) is 0 Å². The van der Waals surface area contributed by atoms with Crippen LogP contribution < -0.4 is 5.73 Å². The van der Waals surface area contributed by atoms with Crippen molar-refractivity contribution in [1.82, 2.24) is 0 Å². The first-order chi connectivity index (χ1) is 3.77. The van der Waals surface area contributed by atoms with E-state index in [0.29, 0.717) is 0 Å². The molecule has 0 heterocycles. The second kappa shape index (κ2) is 4.19. The lowest BCUT2D eigenvalue weighted by Crippen LogP contribution is -1.87. The molecule has 1 heteroatoms. The van der Waals surface area contributed by atoms with Crippen molar-refractivity contribution >= 4 is 0 Å². The Balaban J connectivity index is 3.57. The zero-order valence-electron chi connectivity index (χ0n) is 5.09. The van der Waals surface area contributed by atoms with E-state index < -0.39 is 0 Å². The largest absolute Gasteiger partial charge is 0.402 e. The van der Waals surface area contributed by atoms with Gasteiger partial charge in [0.2, 0.25) is 0 Å². The third-order valence-corrected chi connectivity index (χ3v) is 0.606. The van der Waals surface area contributed by atoms with Crippen LogP contribution in [0.3, 0.4) is 0 Å². The molecule has 1 nitrogen and oxygen atoms in total. The summed E-state index contributed by atoms with van der Waals surface area (Å²) < 4.78 is 0. The molecular formula is C7H11N. The topological polar surface area (TPSA) is 26.0 Å². The van der Waals surface area contributed by atoms with Crippen molar-refractivity contribution in [3.63, 3.8) is 0 Å². The van der Waals surface area contributed by atoms with Crippen LogP contribution in [-0.4, -0.2) is 0 Å². The lowest BCUT2D eigenvalue weighted by atomic mass is 10.4. The van der Waals surface area contributed by atoms with Crippen LogP contribution in [0.2, 0.25) is 0 Å². The van der Waals surface area contributed by atoms with E-state index in [9.17, 15) is 0 Å². The monoisotopic (exact) mass is 109 g/mol. The van der Waals surface area contributed by atoms with Gasteiger partial charge in [-0.05, 0) is 13.0 Å². The number of rotatable bonds is 2. The predicted molar refractivity (Wildman–Crippen MR) is 37.3 cm³/mol. The van der Waals surface area contributed by atoms with Crippen LogP contribution in [0.15, 0.2) is 36.6 Å². The third-order valence-electron chi connectivity index (χ3n) is 0.606. The summed E-state index contributed by atoms with van der Waals surface area (Å²) in [5, 5.41) is 0. The van der Waals surface area contributed by atoms with Crippen molar-refractivity contribution in [3.05, 3.63) is 36.6 Å². The number of hydrogen-bond acceptors (Lipinski definition) is 1. The number of nitrogens with two attached hydrogens (primary N) is 1. The quantitative estimate of drug-likeness (QED) is 0.535. The molecule has 0 saturated heterocycles. The van der Waals surface area contributed by atoms with Gasteiger partial charge in [-0.2, -0.15) is 0 Å². The average molecular weight is 109 g/mol. The molecule has 0 aliphatic heterocycles. The summed E-state index contributed by atoms with van der Waals surface area (Å²) in [5.41, 5.74) is 6.12. The average Bonchev–Trinajstić information content (AvgIpc) is 1.66. The van der Waals surface area contributed by atoms with Crippen LogP contribution in [0, 0.1) is 0 Å². The van der Waals surface area contributed by atoms with Crippen LogP contribution in [0.25, 0.3) is 0 Å². The molecule has 8 heavy (non-hydrogen) atoms. The first kappa shape index (κ1) is 7.02. The summed E-state index contributed by atoms with van der Waals surface area (Å²) >= 11 is 0. The third kappa shape index (κ3) is 5.02. The van der Waals surface area contributed by atoms with Gasteiger partial charge in [-0.3, -0.25) is 0 Å². The maximum atomic E-state index is 5.31. The summed E-state index contributed by atoms with van der Waals surface area (Å²) in [6.45, 7) is 5.34. The Hall–Kier alpha value is -0.980. The minimum Gasteiger partial charge on any atom is -0.402 e. The Kier molecular flexibility index (Phi) is 3.67. The summed E-state index contributed by atoms with van der Waals surface area (Å²) in [5.74, 6) is 0. The van der Waals surface area contributed by atoms with Gasteiger partial charge in [0.25, 0.3) is 0 Å². The highest BCUT2D eigenvalue weighted by Crippen LogP contribution is 1.80. The van der Waals surface area contributed by atoms with Gasteiger partial charge < -0.3 is 5.73 Å². The summed E-state index contributed by atoms with van der Waals surface area (Å²) in [7, 11) is 0. The molecular weight excluding hydrogens is 98.1 g/mol. The lowest BCUT2D eigenvalue weighted by Gasteiger charge is -1.80. The van der Waals surface area contributed by atoms with Gasteiger partial charge in [-0.25, -0.2) is 0 Å². The highest BCUT2D eigenvalue weighted by molar-refractivity contribution is 5.11. The number of hydrogen-bond donors (Lipinski definition) is 1. The Morgan fingerprint density at radius 2 is 2.12 bits per heavy atom. The zero-order chi connectivity index (χ0) is 6.41. The fourth-order valence-corrected chi connectivity index (χ4v) is 0.286. The molecule has 44 valence electrons. The molecule has 2 N–H and O–H groups in total. The molecule has 0 saturated carbocycles. The SMILES string of the molecule is C=C/C=C\C=C(/C)N. The maximum Gasteiger partial charge on any atom is 0.00488 e. The molecule has 0 rings (SSSR count). The molecule has 0 radical (unpaired) electrons. The van der Waals surface area contributed by atoms with Crippen molar-refractivity contribution < 1.29 is 0 Å². The molecule has 0 aliphatic rings. The Bertz CT molecular complexity index is 116. The van der Waals surface area contributed by atoms with Gasteiger partial charge >= 0.3 is 0 Å². The first-order valence-electron chi connectivity index (χ1n) is 2.49.